The molecule has 2 amide bonds. The fourth-order valence-electron chi connectivity index (χ4n) is 2.61. The predicted octanol–water partition coefficient (Wildman–Crippen LogP) is 5.95. The van der Waals surface area contributed by atoms with Crippen LogP contribution >= 0.6 is 39.1 Å². The molecule has 0 aliphatic heterocycles. The van der Waals surface area contributed by atoms with Crippen LogP contribution < -0.4 is 15.5 Å². The second-order valence-corrected chi connectivity index (χ2v) is 8.42. The maximum absolute atomic E-state index is 12.9. The molecular weight excluding hydrogens is 536 g/mol. The van der Waals surface area contributed by atoms with E-state index in [4.69, 9.17) is 27.9 Å². The zero-order valence-corrected chi connectivity index (χ0v) is 20.0. The highest BCUT2D eigenvalue weighted by atomic mass is 79.9. The summed E-state index contributed by atoms with van der Waals surface area (Å²) >= 11 is 15.4. The van der Waals surface area contributed by atoms with Gasteiger partial charge in [0.1, 0.15) is 24.6 Å². The van der Waals surface area contributed by atoms with Gasteiger partial charge in [-0.3, -0.25) is 9.59 Å². The van der Waals surface area contributed by atoms with E-state index >= 15 is 0 Å². The van der Waals surface area contributed by atoms with Gasteiger partial charge in [0.15, 0.2) is 0 Å². The molecule has 0 unspecified atom stereocenters. The van der Waals surface area contributed by atoms with Crippen molar-refractivity contribution in [2.24, 2.45) is 5.10 Å². The number of nitrogens with one attached hydrogen (secondary N) is 2. The first-order valence-electron chi connectivity index (χ1n) is 9.54. The molecule has 0 heterocycles. The van der Waals surface area contributed by atoms with E-state index in [0.29, 0.717) is 38.1 Å². The molecule has 33 heavy (non-hydrogen) atoms. The summed E-state index contributed by atoms with van der Waals surface area (Å²) in [6.45, 7) is 0.305. The lowest BCUT2D eigenvalue weighted by atomic mass is 10.2. The van der Waals surface area contributed by atoms with E-state index in [-0.39, 0.29) is 0 Å². The molecule has 0 atom stereocenters. The molecule has 0 radical (unpaired) electrons. The molecule has 0 bridgehead atoms. The van der Waals surface area contributed by atoms with Gasteiger partial charge in [-0.05, 0) is 81.7 Å². The van der Waals surface area contributed by atoms with Gasteiger partial charge in [0.05, 0.1) is 20.7 Å². The highest BCUT2D eigenvalue weighted by Crippen LogP contribution is 2.28. The van der Waals surface area contributed by atoms with Crippen LogP contribution in [-0.2, 0) is 16.2 Å². The average molecular weight is 553 g/mol. The van der Waals surface area contributed by atoms with E-state index in [9.17, 15) is 14.0 Å². The van der Waals surface area contributed by atoms with Crippen molar-refractivity contribution in [1.82, 2.24) is 5.43 Å². The lowest BCUT2D eigenvalue weighted by molar-refractivity contribution is -0.126. The van der Waals surface area contributed by atoms with Crippen LogP contribution in [-0.4, -0.2) is 18.0 Å². The predicted molar refractivity (Wildman–Crippen MR) is 130 cm³/mol. The third-order valence-electron chi connectivity index (χ3n) is 4.19. The van der Waals surface area contributed by atoms with Crippen LogP contribution in [0.25, 0.3) is 0 Å². The summed E-state index contributed by atoms with van der Waals surface area (Å²) in [5.74, 6) is -0.940. The number of hydrazone groups is 1. The molecule has 0 fully saturated rings. The number of benzene rings is 3. The number of amides is 2. The van der Waals surface area contributed by atoms with Gasteiger partial charge in [0.25, 0.3) is 0 Å². The fourth-order valence-corrected chi connectivity index (χ4v) is 3.44. The van der Waals surface area contributed by atoms with E-state index < -0.39 is 24.1 Å². The Morgan fingerprint density at radius 1 is 1.00 bits per heavy atom. The van der Waals surface area contributed by atoms with Gasteiger partial charge in [0.2, 0.25) is 11.8 Å². The van der Waals surface area contributed by atoms with Crippen LogP contribution in [0.4, 0.5) is 10.1 Å². The first kappa shape index (κ1) is 24.7. The molecule has 0 saturated heterocycles. The average Bonchev–Trinajstić information content (AvgIpc) is 2.77. The van der Waals surface area contributed by atoms with E-state index in [0.717, 1.165) is 5.56 Å². The number of halogens is 4. The van der Waals surface area contributed by atoms with Crippen LogP contribution in [0.1, 0.15) is 17.5 Å². The molecule has 0 aliphatic rings. The normalized spacial score (nSPS) is 10.8. The molecule has 0 aromatic heterocycles. The Kier molecular flexibility index (Phi) is 8.82. The SMILES string of the molecule is O=C(CC(=O)Nc1ccc(F)cc1)NN=Cc1ccc(OCc2ccc(Cl)c(Cl)c2)c(Br)c1. The van der Waals surface area contributed by atoms with Crippen LogP contribution in [0.3, 0.4) is 0 Å². The maximum atomic E-state index is 12.9. The zero-order chi connectivity index (χ0) is 23.8. The van der Waals surface area contributed by atoms with Crippen molar-refractivity contribution >= 4 is 62.8 Å². The standard InChI is InChI=1S/C23H17BrCl2FN3O3/c24-18-9-14(2-8-21(18)33-13-15-1-7-19(25)20(26)10-15)12-28-30-23(32)11-22(31)29-17-5-3-16(27)4-6-17/h1-10,12H,11,13H2,(H,29,31)(H,30,32). The molecule has 0 spiro atoms. The van der Waals surface area contributed by atoms with Crippen molar-refractivity contribution in [1.29, 1.82) is 0 Å². The quantitative estimate of drug-likeness (QED) is 0.206. The van der Waals surface area contributed by atoms with E-state index in [1.807, 2.05) is 6.07 Å². The van der Waals surface area contributed by atoms with Crippen molar-refractivity contribution in [2.75, 3.05) is 5.32 Å². The third kappa shape index (κ3) is 7.85. The molecule has 3 aromatic rings. The molecule has 3 aromatic carbocycles. The minimum absolute atomic E-state index is 0.305. The molecule has 2 N–H and O–H groups in total. The number of carbonyl (C=O) groups is 2. The van der Waals surface area contributed by atoms with Crippen LogP contribution in [0.2, 0.25) is 10.0 Å². The van der Waals surface area contributed by atoms with Crippen molar-refractivity contribution in [3.8, 4) is 5.75 Å². The third-order valence-corrected chi connectivity index (χ3v) is 5.54. The molecule has 10 heteroatoms. The number of nitrogens with zero attached hydrogens (tertiary/aromatic N) is 1. The summed E-state index contributed by atoms with van der Waals surface area (Å²) in [7, 11) is 0. The molecule has 0 aliphatic carbocycles. The largest absolute Gasteiger partial charge is 0.488 e. The second-order valence-electron chi connectivity index (χ2n) is 6.75. The lowest BCUT2D eigenvalue weighted by Crippen LogP contribution is -2.24. The Labute approximate surface area is 207 Å². The number of ether oxygens (including phenoxy) is 1. The maximum Gasteiger partial charge on any atom is 0.249 e. The Morgan fingerprint density at radius 3 is 2.45 bits per heavy atom. The van der Waals surface area contributed by atoms with Crippen molar-refractivity contribution < 1.29 is 18.7 Å². The first-order valence-corrected chi connectivity index (χ1v) is 11.1. The van der Waals surface area contributed by atoms with Crippen molar-refractivity contribution in [2.45, 2.75) is 13.0 Å². The monoisotopic (exact) mass is 551 g/mol. The molecule has 170 valence electrons. The summed E-state index contributed by atoms with van der Waals surface area (Å²) in [6, 6.07) is 15.8. The van der Waals surface area contributed by atoms with Gasteiger partial charge in [-0.15, -0.1) is 0 Å². The number of carbonyl (C=O) groups excluding carboxylic acids is 2. The molecule has 6 nitrogen and oxygen atoms in total. The Morgan fingerprint density at radius 2 is 1.76 bits per heavy atom. The highest BCUT2D eigenvalue weighted by molar-refractivity contribution is 9.10. The topological polar surface area (TPSA) is 79.8 Å². The first-order chi connectivity index (χ1) is 15.8. The summed E-state index contributed by atoms with van der Waals surface area (Å²) < 4.78 is 19.4. The number of hydrogen-bond acceptors (Lipinski definition) is 4. The summed E-state index contributed by atoms with van der Waals surface area (Å²) in [4.78, 5) is 23.8. The Bertz CT molecular complexity index is 1190. The number of rotatable bonds is 8. The van der Waals surface area contributed by atoms with Crippen LogP contribution in [0.15, 0.2) is 70.2 Å². The molecular formula is C23H17BrCl2FN3O3. The molecule has 0 saturated carbocycles. The number of hydrogen-bond donors (Lipinski definition) is 2. The smallest absolute Gasteiger partial charge is 0.249 e. The molecule has 3 rings (SSSR count). The van der Waals surface area contributed by atoms with Crippen LogP contribution in [0, 0.1) is 5.82 Å². The Hall–Kier alpha value is -2.94. The minimum atomic E-state index is -0.591. The van der Waals surface area contributed by atoms with Crippen molar-refractivity contribution in [3.05, 3.63) is 92.1 Å². The van der Waals surface area contributed by atoms with E-state index in [1.165, 1.54) is 30.5 Å². The summed E-state index contributed by atoms with van der Waals surface area (Å²) in [6.07, 6.45) is 1.00. The van der Waals surface area contributed by atoms with Gasteiger partial charge in [-0.1, -0.05) is 29.3 Å². The van der Waals surface area contributed by atoms with E-state index in [2.05, 4.69) is 31.8 Å². The van der Waals surface area contributed by atoms with E-state index in [1.54, 1.807) is 30.3 Å². The highest BCUT2D eigenvalue weighted by Gasteiger charge is 2.09. The second kappa shape index (κ2) is 11.8. The summed E-state index contributed by atoms with van der Waals surface area (Å²) in [5.41, 5.74) is 4.24. The van der Waals surface area contributed by atoms with Gasteiger partial charge in [0, 0.05) is 5.69 Å². The summed E-state index contributed by atoms with van der Waals surface area (Å²) in [5, 5.41) is 7.29. The Balaban J connectivity index is 1.47. The lowest BCUT2D eigenvalue weighted by Gasteiger charge is -2.09. The van der Waals surface area contributed by atoms with Crippen molar-refractivity contribution in [3.63, 3.8) is 0 Å². The van der Waals surface area contributed by atoms with Gasteiger partial charge in [-0.2, -0.15) is 5.10 Å². The van der Waals surface area contributed by atoms with Gasteiger partial charge < -0.3 is 10.1 Å². The van der Waals surface area contributed by atoms with Crippen LogP contribution in [0.5, 0.6) is 5.75 Å². The zero-order valence-electron chi connectivity index (χ0n) is 16.9. The fraction of sp³-hybridized carbons (Fsp3) is 0.0870. The number of anilines is 1. The minimum Gasteiger partial charge on any atom is -0.488 e. The van der Waals surface area contributed by atoms with Gasteiger partial charge in [-0.25, -0.2) is 9.82 Å². The van der Waals surface area contributed by atoms with Gasteiger partial charge >= 0.3 is 0 Å².